The number of hydrogen-bond donors (Lipinski definition) is 2. The molecule has 2 aliphatic rings. The number of fused-ring (bicyclic) bond motifs is 1. The average molecular weight is 451 g/mol. The van der Waals surface area contributed by atoms with Crippen LogP contribution in [-0.2, 0) is 6.42 Å². The molecule has 0 spiro atoms. The van der Waals surface area contributed by atoms with Crippen LogP contribution in [0.3, 0.4) is 0 Å². The fraction of sp³-hybridized carbons (Fsp3) is 0.360. The molecule has 172 valence electrons. The Bertz CT molecular complexity index is 1180. The van der Waals surface area contributed by atoms with Crippen molar-refractivity contribution in [3.05, 3.63) is 60.2 Å². The zero-order chi connectivity index (χ0) is 23.2. The molecule has 3 aromatic rings. The van der Waals surface area contributed by atoms with Crippen molar-refractivity contribution in [1.29, 1.82) is 0 Å². The van der Waals surface area contributed by atoms with Gasteiger partial charge in [0, 0.05) is 35.0 Å². The van der Waals surface area contributed by atoms with Crippen LogP contribution in [0, 0.1) is 5.82 Å². The minimum atomic E-state index is -0.997. The Balaban J connectivity index is 1.63. The Labute approximate surface area is 191 Å². The molecule has 0 aliphatic carbocycles. The molecular formula is C25H27FN4O3. The third kappa shape index (κ3) is 3.95. The Kier molecular flexibility index (Phi) is 5.32. The van der Waals surface area contributed by atoms with E-state index in [1.165, 1.54) is 17.0 Å². The number of rotatable bonds is 4. The molecule has 2 aliphatic heterocycles. The first-order valence-corrected chi connectivity index (χ1v) is 11.2. The standard InChI is InChI=1S/C25H27FN4O3/c1-25(2)11-9-21-22(30(25)24(31)32)8-7-20(23(21)33-19-5-3-17(26)4-6-19)16-13-28-29(15-16)18-10-12-27-14-18/h3-8,13,15,18,27H,9-12,14H2,1-2H3,(H,31,32). The molecule has 1 fully saturated rings. The van der Waals surface area contributed by atoms with Gasteiger partial charge >= 0.3 is 6.09 Å². The van der Waals surface area contributed by atoms with Crippen LogP contribution in [0.25, 0.3) is 11.1 Å². The smallest absolute Gasteiger partial charge is 0.412 e. The molecule has 1 saturated heterocycles. The Hall–Kier alpha value is -3.39. The van der Waals surface area contributed by atoms with Gasteiger partial charge in [0.2, 0.25) is 0 Å². The summed E-state index contributed by atoms with van der Waals surface area (Å²) in [5.41, 5.74) is 2.64. The van der Waals surface area contributed by atoms with E-state index in [1.54, 1.807) is 12.1 Å². The van der Waals surface area contributed by atoms with Crippen molar-refractivity contribution in [3.63, 3.8) is 0 Å². The topological polar surface area (TPSA) is 79.6 Å². The van der Waals surface area contributed by atoms with E-state index in [2.05, 4.69) is 10.4 Å². The Morgan fingerprint density at radius 2 is 2.03 bits per heavy atom. The van der Waals surface area contributed by atoms with E-state index in [9.17, 15) is 14.3 Å². The summed E-state index contributed by atoms with van der Waals surface area (Å²) in [5.74, 6) is 0.734. The minimum Gasteiger partial charge on any atom is -0.465 e. The van der Waals surface area contributed by atoms with E-state index >= 15 is 0 Å². The SMILES string of the molecule is CC1(C)CCc2c(ccc(-c3cnn(C4CCNC4)c3)c2Oc2ccc(F)cc2)N1C(=O)O. The number of carbonyl (C=O) groups is 1. The van der Waals surface area contributed by atoms with E-state index in [0.29, 0.717) is 36.1 Å². The number of benzene rings is 2. The summed E-state index contributed by atoms with van der Waals surface area (Å²) in [5, 5.41) is 17.9. The maximum absolute atomic E-state index is 13.5. The fourth-order valence-corrected chi connectivity index (χ4v) is 4.81. The predicted octanol–water partition coefficient (Wildman–Crippen LogP) is 5.23. The van der Waals surface area contributed by atoms with E-state index in [4.69, 9.17) is 4.74 Å². The van der Waals surface area contributed by atoms with Crippen LogP contribution in [0.4, 0.5) is 14.9 Å². The molecule has 8 heteroatoms. The monoisotopic (exact) mass is 450 g/mol. The molecule has 2 N–H and O–H groups in total. The fourth-order valence-electron chi connectivity index (χ4n) is 4.81. The number of aromatic nitrogens is 2. The van der Waals surface area contributed by atoms with E-state index in [0.717, 1.165) is 36.2 Å². The highest BCUT2D eigenvalue weighted by Gasteiger charge is 2.39. The van der Waals surface area contributed by atoms with Crippen LogP contribution in [0.1, 0.15) is 38.3 Å². The third-order valence-corrected chi connectivity index (χ3v) is 6.61. The van der Waals surface area contributed by atoms with Crippen molar-refractivity contribution in [2.45, 2.75) is 44.7 Å². The van der Waals surface area contributed by atoms with Crippen LogP contribution in [-0.4, -0.2) is 39.6 Å². The molecule has 1 aromatic heterocycles. The lowest BCUT2D eigenvalue weighted by Crippen LogP contribution is -2.50. The van der Waals surface area contributed by atoms with Gasteiger partial charge in [0.15, 0.2) is 0 Å². The zero-order valence-corrected chi connectivity index (χ0v) is 18.7. The van der Waals surface area contributed by atoms with Crippen LogP contribution >= 0.6 is 0 Å². The highest BCUT2D eigenvalue weighted by molar-refractivity contribution is 5.92. The van der Waals surface area contributed by atoms with Gasteiger partial charge in [-0.3, -0.25) is 9.58 Å². The van der Waals surface area contributed by atoms with Gasteiger partial charge in [-0.05, 0) is 76.1 Å². The number of nitrogens with one attached hydrogen (secondary N) is 1. The van der Waals surface area contributed by atoms with Crippen LogP contribution in [0.2, 0.25) is 0 Å². The minimum absolute atomic E-state index is 0.307. The van der Waals surface area contributed by atoms with E-state index in [-0.39, 0.29) is 5.82 Å². The molecule has 3 heterocycles. The van der Waals surface area contributed by atoms with Gasteiger partial charge in [0.1, 0.15) is 17.3 Å². The number of hydrogen-bond acceptors (Lipinski definition) is 4. The number of nitrogens with zero attached hydrogens (tertiary/aromatic N) is 3. The molecule has 5 rings (SSSR count). The first-order chi connectivity index (χ1) is 15.8. The van der Waals surface area contributed by atoms with Crippen molar-refractivity contribution < 1.29 is 19.0 Å². The molecule has 0 saturated carbocycles. The third-order valence-electron chi connectivity index (χ3n) is 6.61. The van der Waals surface area contributed by atoms with Crippen molar-refractivity contribution in [1.82, 2.24) is 15.1 Å². The zero-order valence-electron chi connectivity index (χ0n) is 18.7. The Morgan fingerprint density at radius 3 is 2.73 bits per heavy atom. The molecule has 1 amide bonds. The van der Waals surface area contributed by atoms with Crippen LogP contribution < -0.4 is 15.0 Å². The summed E-state index contributed by atoms with van der Waals surface area (Å²) in [6.07, 6.45) is 5.17. The summed E-state index contributed by atoms with van der Waals surface area (Å²) in [6, 6.07) is 9.90. The van der Waals surface area contributed by atoms with Gasteiger partial charge in [0.25, 0.3) is 0 Å². The summed E-state index contributed by atoms with van der Waals surface area (Å²) in [6.45, 7) is 5.71. The average Bonchev–Trinajstić information content (AvgIpc) is 3.46. The summed E-state index contributed by atoms with van der Waals surface area (Å²) < 4.78 is 21.8. The Morgan fingerprint density at radius 1 is 1.24 bits per heavy atom. The van der Waals surface area contributed by atoms with Crippen LogP contribution in [0.15, 0.2) is 48.8 Å². The summed E-state index contributed by atoms with van der Waals surface area (Å²) in [7, 11) is 0. The van der Waals surface area contributed by atoms with Gasteiger partial charge < -0.3 is 15.2 Å². The molecule has 2 aromatic carbocycles. The molecule has 0 bridgehead atoms. The molecule has 1 atom stereocenters. The lowest BCUT2D eigenvalue weighted by Gasteiger charge is -2.42. The van der Waals surface area contributed by atoms with Crippen molar-refractivity contribution >= 4 is 11.8 Å². The van der Waals surface area contributed by atoms with E-state index < -0.39 is 11.6 Å². The van der Waals surface area contributed by atoms with E-state index in [1.807, 2.05) is 43.1 Å². The first-order valence-electron chi connectivity index (χ1n) is 11.2. The molecule has 33 heavy (non-hydrogen) atoms. The van der Waals surface area contributed by atoms with Gasteiger partial charge in [-0.15, -0.1) is 0 Å². The molecule has 1 unspecified atom stereocenters. The normalized spacial score (nSPS) is 19.4. The lowest BCUT2D eigenvalue weighted by atomic mass is 9.85. The number of halogens is 1. The summed E-state index contributed by atoms with van der Waals surface area (Å²) in [4.78, 5) is 13.6. The number of amides is 1. The van der Waals surface area contributed by atoms with Gasteiger partial charge in [-0.2, -0.15) is 5.10 Å². The van der Waals surface area contributed by atoms with Crippen molar-refractivity contribution in [2.24, 2.45) is 0 Å². The second-order valence-electron chi connectivity index (χ2n) is 9.28. The quantitative estimate of drug-likeness (QED) is 0.569. The number of ether oxygens (including phenoxy) is 1. The second-order valence-corrected chi connectivity index (χ2v) is 9.28. The largest absolute Gasteiger partial charge is 0.465 e. The van der Waals surface area contributed by atoms with Crippen molar-refractivity contribution in [3.8, 4) is 22.6 Å². The maximum atomic E-state index is 13.5. The number of anilines is 1. The van der Waals surface area contributed by atoms with Gasteiger partial charge in [-0.25, -0.2) is 9.18 Å². The van der Waals surface area contributed by atoms with Gasteiger partial charge in [-0.1, -0.05) is 0 Å². The predicted molar refractivity (Wildman–Crippen MR) is 124 cm³/mol. The number of carboxylic acid groups (broad SMARTS) is 1. The van der Waals surface area contributed by atoms with Crippen LogP contribution in [0.5, 0.6) is 11.5 Å². The molecule has 0 radical (unpaired) electrons. The highest BCUT2D eigenvalue weighted by Crippen LogP contribution is 2.47. The van der Waals surface area contributed by atoms with Gasteiger partial charge in [0.05, 0.1) is 17.9 Å². The maximum Gasteiger partial charge on any atom is 0.412 e. The lowest BCUT2D eigenvalue weighted by molar-refractivity contribution is 0.192. The molecule has 7 nitrogen and oxygen atoms in total. The second kappa shape index (κ2) is 8.19. The first kappa shape index (κ1) is 21.5. The highest BCUT2D eigenvalue weighted by atomic mass is 19.1. The van der Waals surface area contributed by atoms with Crippen molar-refractivity contribution in [2.75, 3.05) is 18.0 Å². The molecular weight excluding hydrogens is 423 g/mol. The summed E-state index contributed by atoms with van der Waals surface area (Å²) >= 11 is 0.